The smallest absolute Gasteiger partial charge is 0.411 e. The van der Waals surface area contributed by atoms with Gasteiger partial charge in [-0.1, -0.05) is 0 Å². The van der Waals surface area contributed by atoms with Crippen LogP contribution in [-0.2, 0) is 4.74 Å². The molecular formula is C13H21NO2. The van der Waals surface area contributed by atoms with Crippen LogP contribution in [0.25, 0.3) is 0 Å². The molecule has 0 radical (unpaired) electrons. The summed E-state index contributed by atoms with van der Waals surface area (Å²) >= 11 is 0. The second-order valence-electron chi connectivity index (χ2n) is 6.78. The zero-order chi connectivity index (χ0) is 11.6. The lowest BCUT2D eigenvalue weighted by atomic mass is 9.64. The first kappa shape index (κ1) is 10.4. The van der Waals surface area contributed by atoms with E-state index >= 15 is 0 Å². The Balaban J connectivity index is 1.78. The van der Waals surface area contributed by atoms with Crippen molar-refractivity contribution in [2.45, 2.75) is 70.1 Å². The van der Waals surface area contributed by atoms with Crippen LogP contribution in [0.1, 0.15) is 52.9 Å². The van der Waals surface area contributed by atoms with Crippen LogP contribution in [0, 0.1) is 5.92 Å². The van der Waals surface area contributed by atoms with Gasteiger partial charge in [0, 0.05) is 11.6 Å². The highest BCUT2D eigenvalue weighted by Crippen LogP contribution is 2.59. The van der Waals surface area contributed by atoms with E-state index in [4.69, 9.17) is 4.74 Å². The monoisotopic (exact) mass is 223 g/mol. The van der Waals surface area contributed by atoms with Crippen molar-refractivity contribution in [3.8, 4) is 0 Å². The van der Waals surface area contributed by atoms with E-state index in [1.807, 2.05) is 20.8 Å². The predicted molar refractivity (Wildman–Crippen MR) is 61.2 cm³/mol. The van der Waals surface area contributed by atoms with Crippen LogP contribution in [0.15, 0.2) is 0 Å². The average Bonchev–Trinajstić information content (AvgIpc) is 2.23. The summed E-state index contributed by atoms with van der Waals surface area (Å²) in [5.41, 5.74) is -0.163. The molecule has 0 aromatic heterocycles. The van der Waals surface area contributed by atoms with Gasteiger partial charge in [0.25, 0.3) is 0 Å². The third kappa shape index (κ3) is 1.36. The molecular weight excluding hydrogens is 202 g/mol. The molecule has 1 unspecified atom stereocenters. The molecule has 1 atom stereocenters. The fourth-order valence-electron chi connectivity index (χ4n) is 3.92. The van der Waals surface area contributed by atoms with Crippen LogP contribution in [0.3, 0.4) is 0 Å². The average molecular weight is 223 g/mol. The van der Waals surface area contributed by atoms with Crippen molar-refractivity contribution in [2.24, 2.45) is 5.92 Å². The number of piperidine rings is 2. The molecule has 16 heavy (non-hydrogen) atoms. The van der Waals surface area contributed by atoms with Crippen molar-refractivity contribution in [3.63, 3.8) is 0 Å². The molecule has 1 aliphatic carbocycles. The number of hydrogen-bond donors (Lipinski definition) is 0. The zero-order valence-electron chi connectivity index (χ0n) is 10.5. The maximum Gasteiger partial charge on any atom is 0.411 e. The Morgan fingerprint density at radius 3 is 2.62 bits per heavy atom. The first-order chi connectivity index (χ1) is 7.40. The Bertz CT molecular complexity index is 317. The van der Waals surface area contributed by atoms with Gasteiger partial charge >= 0.3 is 6.09 Å². The second kappa shape index (κ2) is 2.93. The number of amides is 1. The third-order valence-corrected chi connectivity index (χ3v) is 4.35. The van der Waals surface area contributed by atoms with Crippen molar-refractivity contribution < 1.29 is 9.53 Å². The Hall–Kier alpha value is -0.730. The summed E-state index contributed by atoms with van der Waals surface area (Å²) in [5.74, 6) is 0.895. The lowest BCUT2D eigenvalue weighted by Crippen LogP contribution is -2.63. The molecule has 1 saturated carbocycles. The molecule has 0 aromatic rings. The quantitative estimate of drug-likeness (QED) is 0.632. The summed E-state index contributed by atoms with van der Waals surface area (Å²) in [4.78, 5) is 14.3. The standard InChI is InChI=1S/C13H21NO2/c1-12(2,3)16-11(15)14-10-4-5-13(14)7-9(6-10)8-13/h9-10H,4-8H2,1-3H3. The van der Waals surface area contributed by atoms with Crippen LogP contribution >= 0.6 is 0 Å². The topological polar surface area (TPSA) is 29.5 Å². The Morgan fingerprint density at radius 2 is 2.06 bits per heavy atom. The SMILES string of the molecule is CC(C)(C)OC(=O)N1C2CCC13CC(C2)C3. The van der Waals surface area contributed by atoms with Gasteiger partial charge in [-0.05, 0) is 58.8 Å². The van der Waals surface area contributed by atoms with Crippen molar-refractivity contribution in [1.29, 1.82) is 0 Å². The molecule has 0 N–H and O–H groups in total. The number of carbonyl (C=O) groups is 1. The van der Waals surface area contributed by atoms with Gasteiger partial charge in [0.15, 0.2) is 0 Å². The summed E-state index contributed by atoms with van der Waals surface area (Å²) in [6.07, 6.45) is 5.98. The molecule has 90 valence electrons. The number of rotatable bonds is 0. The van der Waals surface area contributed by atoms with Gasteiger partial charge in [-0.25, -0.2) is 4.79 Å². The van der Waals surface area contributed by atoms with E-state index in [0.29, 0.717) is 6.04 Å². The summed E-state index contributed by atoms with van der Waals surface area (Å²) in [7, 11) is 0. The Morgan fingerprint density at radius 1 is 1.38 bits per heavy atom. The van der Waals surface area contributed by atoms with Crippen LogP contribution in [0.4, 0.5) is 4.79 Å². The number of carbonyl (C=O) groups excluding carboxylic acids is 1. The molecule has 3 heterocycles. The third-order valence-electron chi connectivity index (χ3n) is 4.35. The molecule has 4 rings (SSSR count). The highest BCUT2D eigenvalue weighted by Gasteiger charge is 2.61. The molecule has 1 amide bonds. The molecule has 4 fully saturated rings. The van der Waals surface area contributed by atoms with E-state index in [1.54, 1.807) is 0 Å². The summed E-state index contributed by atoms with van der Waals surface area (Å²) in [5, 5.41) is 0. The molecule has 3 aliphatic heterocycles. The Kier molecular flexibility index (Phi) is 1.91. The number of hydrogen-bond acceptors (Lipinski definition) is 2. The van der Waals surface area contributed by atoms with Crippen molar-refractivity contribution in [1.82, 2.24) is 4.90 Å². The molecule has 4 aliphatic rings. The largest absolute Gasteiger partial charge is 0.444 e. The van der Waals surface area contributed by atoms with Crippen LogP contribution < -0.4 is 0 Å². The van der Waals surface area contributed by atoms with Gasteiger partial charge in [-0.15, -0.1) is 0 Å². The van der Waals surface area contributed by atoms with E-state index in [1.165, 1.54) is 32.1 Å². The van der Waals surface area contributed by atoms with E-state index in [9.17, 15) is 4.79 Å². The highest BCUT2D eigenvalue weighted by molar-refractivity contribution is 5.71. The molecule has 3 nitrogen and oxygen atoms in total. The van der Waals surface area contributed by atoms with Gasteiger partial charge in [-0.2, -0.15) is 0 Å². The first-order valence-corrected chi connectivity index (χ1v) is 6.42. The predicted octanol–water partition coefficient (Wildman–Crippen LogP) is 2.94. The van der Waals surface area contributed by atoms with Crippen molar-refractivity contribution in [2.75, 3.05) is 0 Å². The molecule has 0 aromatic carbocycles. The minimum absolute atomic E-state index is 0.0758. The lowest BCUT2D eigenvalue weighted by molar-refractivity contribution is -0.0762. The van der Waals surface area contributed by atoms with Gasteiger partial charge < -0.3 is 4.74 Å². The zero-order valence-corrected chi connectivity index (χ0v) is 10.5. The normalized spacial score (nSPS) is 40.6. The summed E-state index contributed by atoms with van der Waals surface area (Å²) in [6.45, 7) is 5.83. The number of nitrogens with zero attached hydrogens (tertiary/aromatic N) is 1. The van der Waals surface area contributed by atoms with Gasteiger partial charge in [0.1, 0.15) is 5.60 Å². The Labute approximate surface area is 97.1 Å². The maximum atomic E-state index is 12.2. The maximum absolute atomic E-state index is 12.2. The van der Waals surface area contributed by atoms with E-state index in [2.05, 4.69) is 4.90 Å². The van der Waals surface area contributed by atoms with E-state index < -0.39 is 0 Å². The van der Waals surface area contributed by atoms with E-state index in [0.717, 1.165) is 5.92 Å². The van der Waals surface area contributed by atoms with Crippen LogP contribution in [-0.4, -0.2) is 28.2 Å². The molecule has 3 heteroatoms. The van der Waals surface area contributed by atoms with Gasteiger partial charge in [-0.3, -0.25) is 4.90 Å². The minimum Gasteiger partial charge on any atom is -0.444 e. The molecule has 1 spiro atoms. The van der Waals surface area contributed by atoms with Crippen LogP contribution in [0.5, 0.6) is 0 Å². The van der Waals surface area contributed by atoms with E-state index in [-0.39, 0.29) is 17.2 Å². The van der Waals surface area contributed by atoms with Gasteiger partial charge in [0.05, 0.1) is 0 Å². The van der Waals surface area contributed by atoms with Crippen LogP contribution in [0.2, 0.25) is 0 Å². The number of ether oxygens (including phenoxy) is 1. The summed E-state index contributed by atoms with van der Waals surface area (Å²) in [6, 6.07) is 0.474. The summed E-state index contributed by atoms with van der Waals surface area (Å²) < 4.78 is 5.53. The van der Waals surface area contributed by atoms with Gasteiger partial charge in [0.2, 0.25) is 0 Å². The molecule has 3 bridgehead atoms. The van der Waals surface area contributed by atoms with Crippen molar-refractivity contribution in [3.05, 3.63) is 0 Å². The fraction of sp³-hybridized carbons (Fsp3) is 0.923. The highest BCUT2D eigenvalue weighted by atomic mass is 16.6. The lowest BCUT2D eigenvalue weighted by Gasteiger charge is -2.57. The fourth-order valence-corrected chi connectivity index (χ4v) is 3.92. The minimum atomic E-state index is -0.367. The first-order valence-electron chi connectivity index (χ1n) is 6.42. The second-order valence-corrected chi connectivity index (χ2v) is 6.78. The molecule has 3 saturated heterocycles. The van der Waals surface area contributed by atoms with Crippen molar-refractivity contribution >= 4 is 6.09 Å².